The molecule has 2 nitrogen and oxygen atoms in total. The van der Waals surface area contributed by atoms with Gasteiger partial charge >= 0.3 is 5.97 Å². The summed E-state index contributed by atoms with van der Waals surface area (Å²) in [6, 6.07) is 0. The third kappa shape index (κ3) is 17.0. The van der Waals surface area contributed by atoms with Gasteiger partial charge in [0.15, 0.2) is 0 Å². The Morgan fingerprint density at radius 2 is 0.844 bits per heavy atom. The molecule has 1 N–H and O–H groups in total. The molecule has 0 aromatic carbocycles. The summed E-state index contributed by atoms with van der Waals surface area (Å²) in [6.45, 7) is 8.89. The van der Waals surface area contributed by atoms with Gasteiger partial charge < -0.3 is 5.11 Å². The van der Waals surface area contributed by atoms with E-state index < -0.39 is 5.97 Å². The Morgan fingerprint density at radius 3 is 1.09 bits per heavy atom. The van der Waals surface area contributed by atoms with Crippen molar-refractivity contribution in [3.05, 3.63) is 0 Å². The first-order valence-electron chi connectivity index (χ1n) is 14.7. The molecule has 2 heteroatoms. The van der Waals surface area contributed by atoms with Crippen LogP contribution in [0.15, 0.2) is 0 Å². The molecule has 0 rings (SSSR count). The van der Waals surface area contributed by atoms with Crippen LogP contribution in [0.3, 0.4) is 0 Å². The predicted molar refractivity (Wildman–Crippen MR) is 142 cm³/mol. The third-order valence-electron chi connectivity index (χ3n) is 7.75. The van der Waals surface area contributed by atoms with Crippen molar-refractivity contribution in [2.75, 3.05) is 0 Å². The lowest BCUT2D eigenvalue weighted by molar-refractivity contribution is -0.147. The zero-order chi connectivity index (χ0) is 23.9. The van der Waals surface area contributed by atoms with E-state index in [2.05, 4.69) is 27.7 Å². The van der Waals surface area contributed by atoms with Gasteiger partial charge in [0, 0.05) is 0 Å². The van der Waals surface area contributed by atoms with Gasteiger partial charge in [-0.2, -0.15) is 0 Å². The van der Waals surface area contributed by atoms with Crippen LogP contribution in [-0.4, -0.2) is 11.1 Å². The standard InChI is InChI=1S/C30H60O2/c1-5-8-10-12-14-16-18-20-22-24-26-30(4,28(7-3)29(31)32)27-25-23-21-19-17-15-13-11-9-6-2/h28H,5-27H2,1-4H3,(H,31,32). The van der Waals surface area contributed by atoms with Gasteiger partial charge in [-0.05, 0) is 24.7 Å². The highest BCUT2D eigenvalue weighted by Gasteiger charge is 2.36. The van der Waals surface area contributed by atoms with Gasteiger partial charge in [-0.1, -0.05) is 156 Å². The molecule has 1 unspecified atom stereocenters. The highest BCUT2D eigenvalue weighted by atomic mass is 16.4. The lowest BCUT2D eigenvalue weighted by Crippen LogP contribution is -2.33. The van der Waals surface area contributed by atoms with Crippen LogP contribution < -0.4 is 0 Å². The molecule has 0 saturated heterocycles. The van der Waals surface area contributed by atoms with Gasteiger partial charge in [-0.25, -0.2) is 0 Å². The average Bonchev–Trinajstić information content (AvgIpc) is 2.76. The molecular weight excluding hydrogens is 392 g/mol. The van der Waals surface area contributed by atoms with Crippen LogP contribution in [-0.2, 0) is 4.79 Å². The summed E-state index contributed by atoms with van der Waals surface area (Å²) in [5, 5.41) is 9.83. The Kier molecular flexibility index (Phi) is 21.9. The Labute approximate surface area is 202 Å². The van der Waals surface area contributed by atoms with E-state index in [-0.39, 0.29) is 11.3 Å². The topological polar surface area (TPSA) is 37.3 Å². The minimum Gasteiger partial charge on any atom is -0.481 e. The number of unbranched alkanes of at least 4 members (excludes halogenated alkanes) is 18. The summed E-state index contributed by atoms with van der Waals surface area (Å²) in [5.41, 5.74) is -0.0269. The molecule has 0 aliphatic heterocycles. The van der Waals surface area contributed by atoms with Crippen molar-refractivity contribution in [1.82, 2.24) is 0 Å². The van der Waals surface area contributed by atoms with Gasteiger partial charge in [0.05, 0.1) is 5.92 Å². The van der Waals surface area contributed by atoms with Crippen molar-refractivity contribution in [3.63, 3.8) is 0 Å². The molecule has 0 aliphatic carbocycles. The zero-order valence-electron chi connectivity index (χ0n) is 22.7. The fourth-order valence-electron chi connectivity index (χ4n) is 5.47. The maximum atomic E-state index is 11.9. The molecule has 0 saturated carbocycles. The minimum atomic E-state index is -0.575. The highest BCUT2D eigenvalue weighted by Crippen LogP contribution is 2.40. The minimum absolute atomic E-state index is 0.0269. The third-order valence-corrected chi connectivity index (χ3v) is 7.75. The molecule has 192 valence electrons. The highest BCUT2D eigenvalue weighted by molar-refractivity contribution is 5.70. The summed E-state index contributed by atoms with van der Waals surface area (Å²) >= 11 is 0. The fraction of sp³-hybridized carbons (Fsp3) is 0.967. The normalized spacial score (nSPS) is 12.9. The van der Waals surface area contributed by atoms with Crippen LogP contribution in [0.4, 0.5) is 0 Å². The van der Waals surface area contributed by atoms with Crippen molar-refractivity contribution < 1.29 is 9.90 Å². The van der Waals surface area contributed by atoms with E-state index in [1.165, 1.54) is 128 Å². The molecule has 0 radical (unpaired) electrons. The quantitative estimate of drug-likeness (QED) is 0.140. The Balaban J connectivity index is 4.09. The summed E-state index contributed by atoms with van der Waals surface area (Å²) in [4.78, 5) is 11.9. The second-order valence-electron chi connectivity index (χ2n) is 10.8. The number of rotatable bonds is 25. The lowest BCUT2D eigenvalue weighted by Gasteiger charge is -2.35. The molecule has 0 amide bonds. The van der Waals surface area contributed by atoms with Crippen molar-refractivity contribution >= 4 is 5.97 Å². The Morgan fingerprint density at radius 1 is 0.562 bits per heavy atom. The first-order chi connectivity index (χ1) is 15.5. The van der Waals surface area contributed by atoms with E-state index in [9.17, 15) is 9.90 Å². The van der Waals surface area contributed by atoms with Crippen LogP contribution in [0.5, 0.6) is 0 Å². The number of carboxylic acid groups (broad SMARTS) is 1. The van der Waals surface area contributed by atoms with E-state index in [0.29, 0.717) is 0 Å². The van der Waals surface area contributed by atoms with Crippen molar-refractivity contribution in [2.45, 2.75) is 175 Å². The average molecular weight is 453 g/mol. The van der Waals surface area contributed by atoms with E-state index >= 15 is 0 Å². The number of carbonyl (C=O) groups is 1. The van der Waals surface area contributed by atoms with Crippen molar-refractivity contribution in [1.29, 1.82) is 0 Å². The van der Waals surface area contributed by atoms with Gasteiger partial charge in [0.25, 0.3) is 0 Å². The maximum absolute atomic E-state index is 11.9. The molecule has 0 aliphatic rings. The summed E-state index contributed by atoms with van der Waals surface area (Å²) in [7, 11) is 0. The Hall–Kier alpha value is -0.530. The van der Waals surface area contributed by atoms with Crippen LogP contribution in [0.25, 0.3) is 0 Å². The smallest absolute Gasteiger partial charge is 0.307 e. The number of aliphatic carboxylic acids is 1. The Bertz CT molecular complexity index is 380. The van der Waals surface area contributed by atoms with Crippen LogP contribution in [0, 0.1) is 11.3 Å². The fourth-order valence-corrected chi connectivity index (χ4v) is 5.47. The zero-order valence-corrected chi connectivity index (χ0v) is 22.7. The molecule has 0 fully saturated rings. The summed E-state index contributed by atoms with van der Waals surface area (Å²) < 4.78 is 0. The largest absolute Gasteiger partial charge is 0.481 e. The van der Waals surface area contributed by atoms with Gasteiger partial charge in [-0.15, -0.1) is 0 Å². The molecule has 0 heterocycles. The van der Waals surface area contributed by atoms with Gasteiger partial charge in [0.1, 0.15) is 0 Å². The van der Waals surface area contributed by atoms with Gasteiger partial charge in [-0.3, -0.25) is 4.79 Å². The van der Waals surface area contributed by atoms with E-state index in [0.717, 1.165) is 19.3 Å². The number of hydrogen-bond acceptors (Lipinski definition) is 1. The molecule has 32 heavy (non-hydrogen) atoms. The number of carboxylic acids is 1. The van der Waals surface area contributed by atoms with E-state index in [4.69, 9.17) is 0 Å². The van der Waals surface area contributed by atoms with Crippen LogP contribution >= 0.6 is 0 Å². The summed E-state index contributed by atoms with van der Waals surface area (Å²) in [5.74, 6) is -0.756. The summed E-state index contributed by atoms with van der Waals surface area (Å²) in [6.07, 6.45) is 29.9. The molecule has 0 aromatic heterocycles. The first kappa shape index (κ1) is 31.5. The first-order valence-corrected chi connectivity index (χ1v) is 14.7. The van der Waals surface area contributed by atoms with Gasteiger partial charge in [0.2, 0.25) is 0 Å². The van der Waals surface area contributed by atoms with Crippen molar-refractivity contribution in [2.24, 2.45) is 11.3 Å². The predicted octanol–water partition coefficient (Wildman–Crippen LogP) is 10.7. The molecular formula is C30H60O2. The molecule has 1 atom stereocenters. The molecule has 0 bridgehead atoms. The number of hydrogen-bond donors (Lipinski definition) is 1. The monoisotopic (exact) mass is 452 g/mol. The lowest BCUT2D eigenvalue weighted by atomic mass is 9.69. The van der Waals surface area contributed by atoms with E-state index in [1.54, 1.807) is 0 Å². The maximum Gasteiger partial charge on any atom is 0.307 e. The van der Waals surface area contributed by atoms with E-state index in [1.807, 2.05) is 0 Å². The second kappa shape index (κ2) is 22.3. The SMILES string of the molecule is CCCCCCCCCCCCC(C)(CCCCCCCCCCCC)C(CC)C(=O)O. The second-order valence-corrected chi connectivity index (χ2v) is 10.8. The molecule has 0 aromatic rings. The molecule has 0 spiro atoms. The van der Waals surface area contributed by atoms with Crippen LogP contribution in [0.2, 0.25) is 0 Å². The van der Waals surface area contributed by atoms with Crippen molar-refractivity contribution in [3.8, 4) is 0 Å². The van der Waals surface area contributed by atoms with Crippen LogP contribution in [0.1, 0.15) is 175 Å².